The molecule has 0 fully saturated rings. The van der Waals surface area contributed by atoms with Gasteiger partial charge in [-0.15, -0.1) is 0 Å². The smallest absolute Gasteiger partial charge is 0.335 e. The highest BCUT2D eigenvalue weighted by Gasteiger charge is 2.44. The molecule has 2 atom stereocenters. The number of dihydropyridines is 1. The van der Waals surface area contributed by atoms with Crippen molar-refractivity contribution in [1.82, 2.24) is 5.32 Å². The van der Waals surface area contributed by atoms with Crippen molar-refractivity contribution >= 4 is 17.8 Å². The van der Waals surface area contributed by atoms with Gasteiger partial charge in [0.25, 0.3) is 0 Å². The molecule has 0 aromatic rings. The first-order valence-corrected chi connectivity index (χ1v) is 5.60. The summed E-state index contributed by atoms with van der Waals surface area (Å²) in [7, 11) is 0. The van der Waals surface area contributed by atoms with Crippen LogP contribution < -0.4 is 5.32 Å². The third kappa shape index (κ3) is 1.61. The standard InChI is InChI=1S/C12H14N2O4/c1-3-12(10(17)18)6-7-4-5-11(2,9(15)16)13-8(7)14-12/h4-6H,3H2,1-2H3,(H,13,14)(H,15,16)(H,17,18). The van der Waals surface area contributed by atoms with E-state index in [0.29, 0.717) is 17.8 Å². The van der Waals surface area contributed by atoms with E-state index in [4.69, 9.17) is 5.11 Å². The average Bonchev–Trinajstić information content (AvgIpc) is 2.67. The summed E-state index contributed by atoms with van der Waals surface area (Å²) in [6, 6.07) is 0. The maximum atomic E-state index is 11.3. The first kappa shape index (κ1) is 12.3. The first-order valence-electron chi connectivity index (χ1n) is 5.60. The predicted octanol–water partition coefficient (Wildman–Crippen LogP) is 0.561. The van der Waals surface area contributed by atoms with E-state index in [1.54, 1.807) is 19.1 Å². The summed E-state index contributed by atoms with van der Waals surface area (Å²) in [5.74, 6) is -1.75. The zero-order valence-corrected chi connectivity index (χ0v) is 10.1. The summed E-state index contributed by atoms with van der Waals surface area (Å²) in [5.41, 5.74) is -1.91. The fourth-order valence-electron chi connectivity index (χ4n) is 1.97. The molecule has 2 aliphatic rings. The number of carbonyl (C=O) groups is 2. The summed E-state index contributed by atoms with van der Waals surface area (Å²) in [4.78, 5) is 26.5. The van der Waals surface area contributed by atoms with Gasteiger partial charge in [0.1, 0.15) is 5.84 Å². The van der Waals surface area contributed by atoms with Gasteiger partial charge in [0.15, 0.2) is 11.1 Å². The molecule has 0 amide bonds. The van der Waals surface area contributed by atoms with Crippen LogP contribution in [0.5, 0.6) is 0 Å². The number of aliphatic imine (C=N–C) groups is 1. The number of fused-ring (bicyclic) bond motifs is 1. The highest BCUT2D eigenvalue weighted by atomic mass is 16.4. The molecule has 0 radical (unpaired) electrons. The molecule has 2 rings (SSSR count). The lowest BCUT2D eigenvalue weighted by Gasteiger charge is -2.24. The Kier molecular flexibility index (Phi) is 2.53. The SMILES string of the molecule is CCC1(C(=O)O)C=C2C=CC(C)(C(=O)O)N=C2N1. The maximum Gasteiger partial charge on any atom is 0.335 e. The molecule has 0 saturated carbocycles. The second kappa shape index (κ2) is 3.69. The van der Waals surface area contributed by atoms with Crippen LogP contribution in [0.25, 0.3) is 0 Å². The van der Waals surface area contributed by atoms with Crippen LogP contribution in [0.3, 0.4) is 0 Å². The van der Waals surface area contributed by atoms with Crippen LogP contribution >= 0.6 is 0 Å². The van der Waals surface area contributed by atoms with E-state index in [1.165, 1.54) is 13.0 Å². The van der Waals surface area contributed by atoms with E-state index in [2.05, 4.69) is 10.3 Å². The van der Waals surface area contributed by atoms with Crippen LogP contribution in [0.15, 0.2) is 28.8 Å². The molecule has 6 nitrogen and oxygen atoms in total. The fourth-order valence-corrected chi connectivity index (χ4v) is 1.97. The largest absolute Gasteiger partial charge is 0.479 e. The number of aliphatic carboxylic acids is 2. The Morgan fingerprint density at radius 2 is 2.06 bits per heavy atom. The molecule has 0 aromatic carbocycles. The van der Waals surface area contributed by atoms with Crippen molar-refractivity contribution in [3.8, 4) is 0 Å². The predicted molar refractivity (Wildman–Crippen MR) is 64.5 cm³/mol. The number of nitrogens with one attached hydrogen (secondary N) is 1. The molecule has 0 aliphatic carbocycles. The molecule has 0 spiro atoms. The van der Waals surface area contributed by atoms with Gasteiger partial charge >= 0.3 is 11.9 Å². The number of rotatable bonds is 3. The minimum absolute atomic E-state index is 0.326. The van der Waals surface area contributed by atoms with Gasteiger partial charge < -0.3 is 15.5 Å². The van der Waals surface area contributed by atoms with Gasteiger partial charge in [-0.05, 0) is 25.5 Å². The number of hydrogen-bond donors (Lipinski definition) is 3. The third-order valence-electron chi connectivity index (χ3n) is 3.32. The second-order valence-corrected chi connectivity index (χ2v) is 4.60. The van der Waals surface area contributed by atoms with Gasteiger partial charge in [-0.25, -0.2) is 14.6 Å². The molecule has 0 bridgehead atoms. The van der Waals surface area contributed by atoms with Gasteiger partial charge in [-0.2, -0.15) is 0 Å². The quantitative estimate of drug-likeness (QED) is 0.679. The number of nitrogens with zero attached hydrogens (tertiary/aromatic N) is 1. The Labute approximate surface area is 104 Å². The summed E-state index contributed by atoms with van der Waals surface area (Å²) in [6.07, 6.45) is 4.98. The van der Waals surface area contributed by atoms with Crippen LogP contribution in [-0.4, -0.2) is 39.1 Å². The molecule has 3 N–H and O–H groups in total. The van der Waals surface area contributed by atoms with Crippen LogP contribution in [0, 0.1) is 0 Å². The Hall–Kier alpha value is -2.11. The molecule has 2 aliphatic heterocycles. The summed E-state index contributed by atoms with van der Waals surface area (Å²) >= 11 is 0. The molecule has 0 aromatic heterocycles. The summed E-state index contributed by atoms with van der Waals surface area (Å²) in [5, 5.41) is 21.1. The van der Waals surface area contributed by atoms with Crippen molar-refractivity contribution in [2.24, 2.45) is 4.99 Å². The topological polar surface area (TPSA) is 99.0 Å². The first-order chi connectivity index (χ1) is 8.33. The molecule has 96 valence electrons. The lowest BCUT2D eigenvalue weighted by molar-refractivity contribution is -0.142. The highest BCUT2D eigenvalue weighted by molar-refractivity contribution is 6.10. The van der Waals surface area contributed by atoms with Crippen LogP contribution in [0.1, 0.15) is 20.3 Å². The van der Waals surface area contributed by atoms with Crippen molar-refractivity contribution in [2.45, 2.75) is 31.3 Å². The Balaban J connectivity index is 2.43. The van der Waals surface area contributed by atoms with Gasteiger partial charge in [0.05, 0.1) is 0 Å². The van der Waals surface area contributed by atoms with E-state index in [-0.39, 0.29) is 0 Å². The summed E-state index contributed by atoms with van der Waals surface area (Å²) < 4.78 is 0. The zero-order chi connectivity index (χ0) is 13.6. The lowest BCUT2D eigenvalue weighted by atomic mass is 9.95. The number of carboxylic acid groups (broad SMARTS) is 2. The Morgan fingerprint density at radius 3 is 2.56 bits per heavy atom. The lowest BCUT2D eigenvalue weighted by Crippen LogP contribution is -2.49. The second-order valence-electron chi connectivity index (χ2n) is 4.60. The van der Waals surface area contributed by atoms with Gasteiger partial charge in [0, 0.05) is 5.57 Å². The molecule has 2 unspecified atom stereocenters. The molecule has 18 heavy (non-hydrogen) atoms. The molecule has 2 heterocycles. The molecule has 0 saturated heterocycles. The minimum Gasteiger partial charge on any atom is -0.479 e. The molecule has 6 heteroatoms. The van der Waals surface area contributed by atoms with Crippen LogP contribution in [0.2, 0.25) is 0 Å². The van der Waals surface area contributed by atoms with Crippen LogP contribution in [0.4, 0.5) is 0 Å². The van der Waals surface area contributed by atoms with Crippen molar-refractivity contribution < 1.29 is 19.8 Å². The van der Waals surface area contributed by atoms with Crippen LogP contribution in [-0.2, 0) is 9.59 Å². The third-order valence-corrected chi connectivity index (χ3v) is 3.32. The monoisotopic (exact) mass is 250 g/mol. The number of hydrogen-bond acceptors (Lipinski definition) is 4. The highest BCUT2D eigenvalue weighted by Crippen LogP contribution is 2.29. The molecular formula is C12H14N2O4. The van der Waals surface area contributed by atoms with Crippen molar-refractivity contribution in [2.75, 3.05) is 0 Å². The zero-order valence-electron chi connectivity index (χ0n) is 10.1. The number of carboxylic acids is 2. The van der Waals surface area contributed by atoms with E-state index in [9.17, 15) is 14.7 Å². The van der Waals surface area contributed by atoms with E-state index in [0.717, 1.165) is 0 Å². The van der Waals surface area contributed by atoms with E-state index in [1.807, 2.05) is 0 Å². The Morgan fingerprint density at radius 1 is 1.39 bits per heavy atom. The van der Waals surface area contributed by atoms with Gasteiger partial charge in [-0.1, -0.05) is 13.0 Å². The Bertz CT molecular complexity index is 520. The van der Waals surface area contributed by atoms with E-state index < -0.39 is 23.0 Å². The fraction of sp³-hybridized carbons (Fsp3) is 0.417. The average molecular weight is 250 g/mol. The van der Waals surface area contributed by atoms with Crippen molar-refractivity contribution in [3.63, 3.8) is 0 Å². The van der Waals surface area contributed by atoms with Crippen molar-refractivity contribution in [3.05, 3.63) is 23.8 Å². The van der Waals surface area contributed by atoms with Crippen molar-refractivity contribution in [1.29, 1.82) is 0 Å². The van der Waals surface area contributed by atoms with Gasteiger partial charge in [-0.3, -0.25) is 0 Å². The minimum atomic E-state index is -1.35. The normalized spacial score (nSPS) is 33.2. The summed E-state index contributed by atoms with van der Waals surface area (Å²) in [6.45, 7) is 3.21. The maximum absolute atomic E-state index is 11.3. The number of amidine groups is 1. The van der Waals surface area contributed by atoms with E-state index >= 15 is 0 Å². The molecular weight excluding hydrogens is 236 g/mol. The van der Waals surface area contributed by atoms with Gasteiger partial charge in [0.2, 0.25) is 0 Å².